The van der Waals surface area contributed by atoms with Gasteiger partial charge in [-0.15, -0.1) is 0 Å². The van der Waals surface area contributed by atoms with Crippen molar-refractivity contribution < 1.29 is 13.2 Å². The number of nitrogens with zero attached hydrogens (tertiary/aromatic N) is 1. The van der Waals surface area contributed by atoms with Gasteiger partial charge < -0.3 is 5.32 Å². The van der Waals surface area contributed by atoms with Crippen LogP contribution in [0.5, 0.6) is 0 Å². The van der Waals surface area contributed by atoms with E-state index in [2.05, 4.69) is 5.32 Å². The standard InChI is InChI=1S/C23H28N2O3S/c1-17-15-19-16-18(23(26)24-20-9-5-2-3-6-10-20)13-14-22(19)25(17)29(27,28)21-11-7-4-8-12-21/h4,7-8,11-14,16-17,20H,2-3,5-6,9-10,15H2,1H3,(H,24,26)/t17-/m0/s1. The summed E-state index contributed by atoms with van der Waals surface area (Å²) >= 11 is 0. The molecule has 29 heavy (non-hydrogen) atoms. The van der Waals surface area contributed by atoms with Crippen LogP contribution in [0.2, 0.25) is 0 Å². The molecule has 0 unspecified atom stereocenters. The maximum absolute atomic E-state index is 13.2. The highest BCUT2D eigenvalue weighted by Crippen LogP contribution is 2.37. The van der Waals surface area contributed by atoms with Crippen LogP contribution in [0.25, 0.3) is 0 Å². The number of hydrogen-bond donors (Lipinski definition) is 1. The molecule has 154 valence electrons. The summed E-state index contributed by atoms with van der Waals surface area (Å²) in [6, 6.07) is 14.0. The molecule has 0 aromatic heterocycles. The van der Waals surface area contributed by atoms with E-state index in [1.807, 2.05) is 13.0 Å². The number of sulfonamides is 1. The molecule has 1 N–H and O–H groups in total. The van der Waals surface area contributed by atoms with E-state index in [0.717, 1.165) is 18.4 Å². The van der Waals surface area contributed by atoms with Gasteiger partial charge in [-0.05, 0) is 62.1 Å². The van der Waals surface area contributed by atoms with Gasteiger partial charge in [-0.3, -0.25) is 9.10 Å². The Labute approximate surface area is 173 Å². The molecule has 2 aromatic rings. The van der Waals surface area contributed by atoms with Gasteiger partial charge in [0, 0.05) is 17.6 Å². The highest BCUT2D eigenvalue weighted by atomic mass is 32.2. The largest absolute Gasteiger partial charge is 0.349 e. The molecule has 1 amide bonds. The molecule has 1 aliphatic carbocycles. The van der Waals surface area contributed by atoms with Gasteiger partial charge in [0.05, 0.1) is 10.6 Å². The summed E-state index contributed by atoms with van der Waals surface area (Å²) in [5, 5.41) is 3.17. The van der Waals surface area contributed by atoms with Crippen molar-refractivity contribution in [3.63, 3.8) is 0 Å². The van der Waals surface area contributed by atoms with Crippen LogP contribution in [-0.2, 0) is 16.4 Å². The van der Waals surface area contributed by atoms with Crippen molar-refractivity contribution in [2.45, 2.75) is 68.8 Å². The van der Waals surface area contributed by atoms with Crippen LogP contribution in [0.4, 0.5) is 5.69 Å². The average Bonchev–Trinajstić information content (AvgIpc) is 2.87. The van der Waals surface area contributed by atoms with Crippen LogP contribution < -0.4 is 9.62 Å². The van der Waals surface area contributed by atoms with Gasteiger partial charge in [-0.25, -0.2) is 8.42 Å². The smallest absolute Gasteiger partial charge is 0.264 e. The lowest BCUT2D eigenvalue weighted by molar-refractivity contribution is 0.0933. The summed E-state index contributed by atoms with van der Waals surface area (Å²) in [4.78, 5) is 13.1. The second-order valence-corrected chi connectivity index (χ2v) is 9.99. The molecule has 6 heteroatoms. The highest BCUT2D eigenvalue weighted by molar-refractivity contribution is 7.92. The van der Waals surface area contributed by atoms with Gasteiger partial charge >= 0.3 is 0 Å². The Morgan fingerprint density at radius 2 is 1.69 bits per heavy atom. The summed E-state index contributed by atoms with van der Waals surface area (Å²) in [5.74, 6) is -0.0586. The zero-order valence-corrected chi connectivity index (χ0v) is 17.6. The quantitative estimate of drug-likeness (QED) is 0.762. The first-order valence-electron chi connectivity index (χ1n) is 10.5. The number of rotatable bonds is 4. The monoisotopic (exact) mass is 412 g/mol. The Morgan fingerprint density at radius 1 is 1.00 bits per heavy atom. The first-order valence-corrected chi connectivity index (χ1v) is 11.9. The van der Waals surface area contributed by atoms with E-state index in [9.17, 15) is 13.2 Å². The number of anilines is 1. The third-order valence-corrected chi connectivity index (χ3v) is 7.93. The van der Waals surface area contributed by atoms with Crippen LogP contribution in [-0.4, -0.2) is 26.4 Å². The number of fused-ring (bicyclic) bond motifs is 1. The number of amides is 1. The molecule has 4 rings (SSSR count). The summed E-state index contributed by atoms with van der Waals surface area (Å²) in [5.41, 5.74) is 2.19. The molecule has 1 heterocycles. The molecular weight excluding hydrogens is 384 g/mol. The van der Waals surface area contributed by atoms with Crippen molar-refractivity contribution >= 4 is 21.6 Å². The number of hydrogen-bond acceptors (Lipinski definition) is 3. The first-order chi connectivity index (χ1) is 14.0. The lowest BCUT2D eigenvalue weighted by Gasteiger charge is -2.24. The molecule has 0 saturated heterocycles. The molecular formula is C23H28N2O3S. The Morgan fingerprint density at radius 3 is 2.38 bits per heavy atom. The van der Waals surface area contributed by atoms with Gasteiger partial charge in [-0.1, -0.05) is 43.9 Å². The molecule has 2 aromatic carbocycles. The lowest BCUT2D eigenvalue weighted by Crippen LogP contribution is -2.35. The summed E-state index contributed by atoms with van der Waals surface area (Å²) < 4.78 is 27.8. The fourth-order valence-electron chi connectivity index (χ4n) is 4.51. The molecule has 0 bridgehead atoms. The van der Waals surface area contributed by atoms with E-state index in [-0.39, 0.29) is 22.9 Å². The summed E-state index contributed by atoms with van der Waals surface area (Å²) in [7, 11) is -3.63. The molecule has 1 fully saturated rings. The normalized spacial score (nSPS) is 20.2. The number of nitrogens with one attached hydrogen (secondary N) is 1. The van der Waals surface area contributed by atoms with E-state index in [1.54, 1.807) is 42.5 Å². The molecule has 1 atom stereocenters. The Bertz CT molecular complexity index is 980. The highest BCUT2D eigenvalue weighted by Gasteiger charge is 2.36. The number of benzene rings is 2. The van der Waals surface area contributed by atoms with Crippen molar-refractivity contribution in [1.82, 2.24) is 5.32 Å². The molecule has 2 aliphatic rings. The second kappa shape index (κ2) is 8.19. The molecule has 0 radical (unpaired) electrons. The maximum Gasteiger partial charge on any atom is 0.264 e. The van der Waals surface area contributed by atoms with Gasteiger partial charge in [0.2, 0.25) is 0 Å². The van der Waals surface area contributed by atoms with Gasteiger partial charge in [0.1, 0.15) is 0 Å². The van der Waals surface area contributed by atoms with Crippen LogP contribution >= 0.6 is 0 Å². The van der Waals surface area contributed by atoms with Crippen molar-refractivity contribution in [3.05, 3.63) is 59.7 Å². The van der Waals surface area contributed by atoms with Crippen molar-refractivity contribution in [1.29, 1.82) is 0 Å². The summed E-state index contributed by atoms with van der Waals surface area (Å²) in [6.07, 6.45) is 7.50. The van der Waals surface area contributed by atoms with Crippen molar-refractivity contribution in [2.75, 3.05) is 4.31 Å². The predicted octanol–water partition coefficient (Wildman–Crippen LogP) is 4.28. The first kappa shape index (κ1) is 20.0. The number of carbonyl (C=O) groups is 1. The van der Waals surface area contributed by atoms with Crippen molar-refractivity contribution in [3.8, 4) is 0 Å². The van der Waals surface area contributed by atoms with Gasteiger partial charge in [-0.2, -0.15) is 0 Å². The molecule has 5 nitrogen and oxygen atoms in total. The van der Waals surface area contributed by atoms with E-state index in [4.69, 9.17) is 0 Å². The van der Waals surface area contributed by atoms with Crippen LogP contribution in [0, 0.1) is 0 Å². The Balaban J connectivity index is 1.57. The molecule has 1 aliphatic heterocycles. The predicted molar refractivity (Wildman–Crippen MR) is 115 cm³/mol. The fourth-order valence-corrected chi connectivity index (χ4v) is 6.22. The second-order valence-electron chi connectivity index (χ2n) is 8.17. The third-order valence-electron chi connectivity index (χ3n) is 5.99. The third kappa shape index (κ3) is 4.04. The minimum atomic E-state index is -3.63. The van der Waals surface area contributed by atoms with Crippen LogP contribution in [0.1, 0.15) is 61.4 Å². The van der Waals surface area contributed by atoms with Gasteiger partial charge in [0.25, 0.3) is 15.9 Å². The zero-order chi connectivity index (χ0) is 20.4. The Kier molecular flexibility index (Phi) is 5.63. The molecule has 1 saturated carbocycles. The lowest BCUT2D eigenvalue weighted by atomic mass is 10.0. The number of carbonyl (C=O) groups excluding carboxylic acids is 1. The van der Waals surface area contributed by atoms with Gasteiger partial charge in [0.15, 0.2) is 0 Å². The SMILES string of the molecule is C[C@H]1Cc2cc(C(=O)NC3CCCCCC3)ccc2N1S(=O)(=O)c1ccccc1. The van der Waals surface area contributed by atoms with Crippen molar-refractivity contribution in [2.24, 2.45) is 0 Å². The minimum absolute atomic E-state index is 0.0586. The minimum Gasteiger partial charge on any atom is -0.349 e. The van der Waals surface area contributed by atoms with Crippen LogP contribution in [0.15, 0.2) is 53.4 Å². The van der Waals surface area contributed by atoms with E-state index in [1.165, 1.54) is 30.0 Å². The summed E-state index contributed by atoms with van der Waals surface area (Å²) in [6.45, 7) is 1.91. The maximum atomic E-state index is 13.2. The van der Waals surface area contributed by atoms with Crippen LogP contribution in [0.3, 0.4) is 0 Å². The Hall–Kier alpha value is -2.34. The van der Waals surface area contributed by atoms with E-state index in [0.29, 0.717) is 17.7 Å². The van der Waals surface area contributed by atoms with E-state index < -0.39 is 10.0 Å². The fraction of sp³-hybridized carbons (Fsp3) is 0.435. The molecule has 0 spiro atoms. The zero-order valence-electron chi connectivity index (χ0n) is 16.8. The average molecular weight is 413 g/mol. The van der Waals surface area contributed by atoms with E-state index >= 15 is 0 Å². The topological polar surface area (TPSA) is 66.5 Å².